The van der Waals surface area contributed by atoms with E-state index in [0.717, 1.165) is 12.1 Å². The summed E-state index contributed by atoms with van der Waals surface area (Å²) in [6.45, 7) is 0. The molecule has 0 aliphatic carbocycles. The highest BCUT2D eigenvalue weighted by Crippen LogP contribution is 2.60. The molecular weight excluding hydrogens is 704 g/mol. The molecule has 3 aromatic carbocycles. The normalized spacial score (nSPS) is 13.9. The highest BCUT2D eigenvalue weighted by atomic mass is 32.2. The van der Waals surface area contributed by atoms with Crippen LogP contribution in [0.2, 0.25) is 0 Å². The second-order valence-electron chi connectivity index (χ2n) is 9.61. The molecular formula is C28H16F16O2S. The Labute approximate surface area is 257 Å². The van der Waals surface area contributed by atoms with Gasteiger partial charge in [-0.1, -0.05) is 24.3 Å². The van der Waals surface area contributed by atoms with E-state index in [9.17, 15) is 75.0 Å². The molecule has 3 aromatic rings. The summed E-state index contributed by atoms with van der Waals surface area (Å²) in [7, 11) is 0. The first-order valence-corrected chi connectivity index (χ1v) is 13.4. The van der Waals surface area contributed by atoms with Crippen molar-refractivity contribution in [1.82, 2.24) is 0 Å². The molecule has 0 unspecified atom stereocenters. The standard InChI is InChI=1S/C28H16F16O2S/c29-22(30,24(34,35)25(36,37)26(38,39)27(40,41)28(42,43)44)13-14-47-20-11-5-16(6-12-20)15-1-3-17(4-2-15)21(45)46-19-9-7-18(8-10-19)23(31,32)33/h1-12H,13-14H2. The third kappa shape index (κ3) is 7.43. The first-order chi connectivity index (χ1) is 21.3. The van der Waals surface area contributed by atoms with Crippen LogP contribution in [0.3, 0.4) is 0 Å². The average molecular weight is 720 g/mol. The maximum atomic E-state index is 14.0. The number of rotatable bonds is 11. The molecule has 0 aromatic heterocycles. The number of esters is 1. The minimum absolute atomic E-state index is 0.0102. The lowest BCUT2D eigenvalue weighted by Crippen LogP contribution is -2.70. The Morgan fingerprint density at radius 2 is 1.00 bits per heavy atom. The van der Waals surface area contributed by atoms with E-state index in [1.54, 1.807) is 0 Å². The van der Waals surface area contributed by atoms with Gasteiger partial charge < -0.3 is 4.74 Å². The summed E-state index contributed by atoms with van der Waals surface area (Å²) >= 11 is 0.307. The van der Waals surface area contributed by atoms with Gasteiger partial charge in [0.05, 0.1) is 11.1 Å². The van der Waals surface area contributed by atoms with E-state index in [4.69, 9.17) is 4.74 Å². The number of carbonyl (C=O) groups excluding carboxylic acids is 1. The van der Waals surface area contributed by atoms with Crippen molar-refractivity contribution in [3.05, 3.63) is 83.9 Å². The van der Waals surface area contributed by atoms with Gasteiger partial charge in [-0.25, -0.2) is 4.79 Å². The Kier molecular flexibility index (Phi) is 10.3. The SMILES string of the molecule is O=C(Oc1ccc(C(F)(F)F)cc1)c1ccc(-c2ccc(SCCC(F)(F)C(F)(F)C(F)(F)C(F)(F)C(F)(F)C(F)(F)F)cc2)cc1. The number of benzene rings is 3. The summed E-state index contributed by atoms with van der Waals surface area (Å²) in [4.78, 5) is 12.3. The topological polar surface area (TPSA) is 26.3 Å². The number of hydrogen-bond acceptors (Lipinski definition) is 3. The quantitative estimate of drug-likeness (QED) is 0.0854. The molecule has 0 amide bonds. The molecule has 0 atom stereocenters. The fourth-order valence-corrected chi connectivity index (χ4v) is 4.60. The van der Waals surface area contributed by atoms with E-state index in [2.05, 4.69) is 0 Å². The zero-order chi connectivity index (χ0) is 35.9. The van der Waals surface area contributed by atoms with Crippen molar-refractivity contribution in [2.45, 2.75) is 53.3 Å². The molecule has 3 rings (SSSR count). The molecule has 0 aliphatic rings. The van der Waals surface area contributed by atoms with Crippen LogP contribution in [-0.2, 0) is 6.18 Å². The van der Waals surface area contributed by atoms with Crippen molar-refractivity contribution in [1.29, 1.82) is 0 Å². The minimum atomic E-state index is -7.95. The second-order valence-corrected chi connectivity index (χ2v) is 10.8. The van der Waals surface area contributed by atoms with E-state index < -0.39 is 65.7 Å². The third-order valence-corrected chi connectivity index (χ3v) is 7.40. The minimum Gasteiger partial charge on any atom is -0.423 e. The number of halogens is 16. The molecule has 0 saturated carbocycles. The van der Waals surface area contributed by atoms with E-state index in [1.807, 2.05) is 0 Å². The summed E-state index contributed by atoms with van der Waals surface area (Å²) in [6, 6.07) is 13.8. The number of hydrogen-bond donors (Lipinski definition) is 0. The van der Waals surface area contributed by atoms with Gasteiger partial charge in [0.2, 0.25) is 0 Å². The van der Waals surface area contributed by atoms with Crippen molar-refractivity contribution in [2.24, 2.45) is 0 Å². The second kappa shape index (κ2) is 12.8. The maximum Gasteiger partial charge on any atom is 0.460 e. The Balaban J connectivity index is 1.63. The van der Waals surface area contributed by atoms with Crippen LogP contribution >= 0.6 is 11.8 Å². The highest BCUT2D eigenvalue weighted by molar-refractivity contribution is 7.99. The molecule has 0 aliphatic heterocycles. The predicted molar refractivity (Wildman–Crippen MR) is 134 cm³/mol. The molecule has 47 heavy (non-hydrogen) atoms. The van der Waals surface area contributed by atoms with Crippen molar-refractivity contribution in [2.75, 3.05) is 5.75 Å². The molecule has 0 fully saturated rings. The number of alkyl halides is 16. The summed E-state index contributed by atoms with van der Waals surface area (Å²) in [5, 5.41) is 0. The lowest BCUT2D eigenvalue weighted by atomic mass is 9.93. The monoisotopic (exact) mass is 720 g/mol. The van der Waals surface area contributed by atoms with Crippen molar-refractivity contribution >= 4 is 17.7 Å². The summed E-state index contributed by atoms with van der Waals surface area (Å²) < 4.78 is 215. The number of ether oxygens (including phenoxy) is 1. The van der Waals surface area contributed by atoms with Gasteiger partial charge in [-0.3, -0.25) is 0 Å². The van der Waals surface area contributed by atoms with Crippen LogP contribution in [0, 0.1) is 0 Å². The zero-order valence-electron chi connectivity index (χ0n) is 22.6. The molecule has 0 spiro atoms. The van der Waals surface area contributed by atoms with Gasteiger partial charge in [0.15, 0.2) is 0 Å². The maximum absolute atomic E-state index is 14.0. The highest BCUT2D eigenvalue weighted by Gasteiger charge is 2.90. The third-order valence-electron chi connectivity index (χ3n) is 6.38. The summed E-state index contributed by atoms with van der Waals surface area (Å²) in [5.41, 5.74) is -0.112. The Morgan fingerprint density at radius 3 is 1.45 bits per heavy atom. The number of thioether (sulfide) groups is 1. The Bertz CT molecular complexity index is 1530. The molecule has 0 bridgehead atoms. The van der Waals surface area contributed by atoms with Gasteiger partial charge >= 0.3 is 47.9 Å². The summed E-state index contributed by atoms with van der Waals surface area (Å²) in [6.07, 6.45) is -14.4. The van der Waals surface area contributed by atoms with Gasteiger partial charge in [-0.15, -0.1) is 11.8 Å². The van der Waals surface area contributed by atoms with Crippen molar-refractivity contribution < 1.29 is 79.8 Å². The number of carbonyl (C=O) groups is 1. The van der Waals surface area contributed by atoms with Crippen LogP contribution in [-0.4, -0.2) is 47.5 Å². The van der Waals surface area contributed by atoms with Crippen LogP contribution in [0.15, 0.2) is 77.7 Å². The average Bonchev–Trinajstić information content (AvgIpc) is 2.96. The van der Waals surface area contributed by atoms with E-state index >= 15 is 0 Å². The molecule has 0 saturated heterocycles. The van der Waals surface area contributed by atoms with Gasteiger partial charge in [0.1, 0.15) is 5.75 Å². The van der Waals surface area contributed by atoms with Crippen LogP contribution in [0.25, 0.3) is 11.1 Å². The molecule has 0 radical (unpaired) electrons. The smallest absolute Gasteiger partial charge is 0.423 e. The Morgan fingerprint density at radius 1 is 0.553 bits per heavy atom. The van der Waals surface area contributed by atoms with Gasteiger partial charge in [0, 0.05) is 17.1 Å². The fraction of sp³-hybridized carbons (Fsp3) is 0.321. The van der Waals surface area contributed by atoms with Gasteiger partial charge in [-0.05, 0) is 59.7 Å². The molecule has 19 heteroatoms. The predicted octanol–water partition coefficient (Wildman–Crippen LogP) is 10.8. The van der Waals surface area contributed by atoms with E-state index in [-0.39, 0.29) is 16.2 Å². The Hall–Kier alpha value is -3.64. The first-order valence-electron chi connectivity index (χ1n) is 12.4. The van der Waals surface area contributed by atoms with Gasteiger partial charge in [0.25, 0.3) is 0 Å². The fourth-order valence-electron chi connectivity index (χ4n) is 3.68. The zero-order valence-corrected chi connectivity index (χ0v) is 23.4. The van der Waals surface area contributed by atoms with Crippen LogP contribution in [0.5, 0.6) is 5.75 Å². The van der Waals surface area contributed by atoms with Gasteiger partial charge in [-0.2, -0.15) is 70.2 Å². The lowest BCUT2D eigenvalue weighted by molar-refractivity contribution is -0.439. The lowest BCUT2D eigenvalue weighted by Gasteiger charge is -2.39. The van der Waals surface area contributed by atoms with Crippen LogP contribution in [0.1, 0.15) is 22.3 Å². The molecule has 2 nitrogen and oxygen atoms in total. The molecule has 258 valence electrons. The van der Waals surface area contributed by atoms with Crippen LogP contribution < -0.4 is 4.74 Å². The van der Waals surface area contributed by atoms with Crippen molar-refractivity contribution in [3.8, 4) is 16.9 Å². The summed E-state index contributed by atoms with van der Waals surface area (Å²) in [5.74, 6) is -39.3. The van der Waals surface area contributed by atoms with E-state index in [0.29, 0.717) is 35.0 Å². The van der Waals surface area contributed by atoms with Crippen molar-refractivity contribution in [3.63, 3.8) is 0 Å². The van der Waals surface area contributed by atoms with Crippen LogP contribution in [0.4, 0.5) is 70.2 Å². The first kappa shape index (κ1) is 37.8. The molecule has 0 N–H and O–H groups in total. The largest absolute Gasteiger partial charge is 0.460 e. The molecule has 0 heterocycles. The van der Waals surface area contributed by atoms with E-state index in [1.165, 1.54) is 48.5 Å².